The summed E-state index contributed by atoms with van der Waals surface area (Å²) >= 11 is 0. The molecular weight excluding hydrogens is 439 g/mol. The first-order valence-corrected chi connectivity index (χ1v) is 10.1. The van der Waals surface area contributed by atoms with Gasteiger partial charge in [-0.25, -0.2) is 8.42 Å². The van der Waals surface area contributed by atoms with Gasteiger partial charge < -0.3 is 9.26 Å². The first-order valence-electron chi connectivity index (χ1n) is 8.67. The van der Waals surface area contributed by atoms with Crippen LogP contribution in [0.1, 0.15) is 16.2 Å². The predicted octanol–water partition coefficient (Wildman–Crippen LogP) is 3.27. The Labute approximate surface area is 175 Å². The van der Waals surface area contributed by atoms with Crippen molar-refractivity contribution in [1.29, 1.82) is 0 Å². The van der Waals surface area contributed by atoms with Crippen LogP contribution in [0.2, 0.25) is 0 Å². The van der Waals surface area contributed by atoms with Crippen molar-refractivity contribution >= 4 is 15.8 Å². The van der Waals surface area contributed by atoms with Gasteiger partial charge in [0.1, 0.15) is 5.75 Å². The van der Waals surface area contributed by atoms with Crippen molar-refractivity contribution in [2.75, 3.05) is 20.7 Å². The fourth-order valence-corrected chi connectivity index (χ4v) is 3.69. The lowest BCUT2D eigenvalue weighted by molar-refractivity contribution is -0.159. The van der Waals surface area contributed by atoms with Gasteiger partial charge >= 0.3 is 12.1 Å². The number of Topliss-reactive ketones (excluding diaryl/α,β-unsaturated/α-hetero) is 1. The summed E-state index contributed by atoms with van der Waals surface area (Å²) in [6.45, 7) is -0.436. The Hall–Kier alpha value is -3.25. The number of halogens is 3. The molecule has 1 aromatic heterocycles. The molecule has 31 heavy (non-hydrogen) atoms. The van der Waals surface area contributed by atoms with Crippen molar-refractivity contribution in [2.24, 2.45) is 0 Å². The fourth-order valence-electron chi connectivity index (χ4n) is 2.57. The minimum absolute atomic E-state index is 0.00322. The van der Waals surface area contributed by atoms with Crippen LogP contribution in [0.3, 0.4) is 0 Å². The normalized spacial score (nSPS) is 12.2. The van der Waals surface area contributed by atoms with E-state index >= 15 is 0 Å². The van der Waals surface area contributed by atoms with Gasteiger partial charge in [0.05, 0.1) is 18.6 Å². The van der Waals surface area contributed by atoms with E-state index in [4.69, 9.17) is 4.74 Å². The highest BCUT2D eigenvalue weighted by Crippen LogP contribution is 2.29. The molecule has 0 aliphatic rings. The number of hydrogen-bond acceptors (Lipinski definition) is 7. The van der Waals surface area contributed by atoms with Crippen LogP contribution >= 0.6 is 0 Å². The van der Waals surface area contributed by atoms with Crippen LogP contribution in [0.4, 0.5) is 13.2 Å². The second-order valence-corrected chi connectivity index (χ2v) is 8.40. The van der Waals surface area contributed by atoms with Gasteiger partial charge in [-0.15, -0.1) is 0 Å². The van der Waals surface area contributed by atoms with E-state index < -0.39 is 34.4 Å². The number of nitrogens with zero attached hydrogens (tertiary/aromatic N) is 3. The van der Waals surface area contributed by atoms with E-state index in [1.165, 1.54) is 62.7 Å². The van der Waals surface area contributed by atoms with Gasteiger partial charge in [-0.3, -0.25) is 4.79 Å². The number of aromatic nitrogens is 2. The summed E-state index contributed by atoms with van der Waals surface area (Å²) in [4.78, 5) is 15.8. The van der Waals surface area contributed by atoms with Gasteiger partial charge in [0.2, 0.25) is 15.8 Å². The van der Waals surface area contributed by atoms with Gasteiger partial charge in [-0.2, -0.15) is 22.5 Å². The highest BCUT2D eigenvalue weighted by molar-refractivity contribution is 7.89. The molecule has 0 saturated heterocycles. The molecule has 0 unspecified atom stereocenters. The fraction of sp³-hybridized carbons (Fsp3) is 0.211. The van der Waals surface area contributed by atoms with E-state index in [1.807, 2.05) is 0 Å². The van der Waals surface area contributed by atoms with Crippen LogP contribution < -0.4 is 4.74 Å². The van der Waals surface area contributed by atoms with Crippen LogP contribution in [0.5, 0.6) is 5.75 Å². The van der Waals surface area contributed by atoms with Crippen molar-refractivity contribution in [1.82, 2.24) is 14.4 Å². The Bertz CT molecular complexity index is 1170. The molecule has 3 rings (SSSR count). The van der Waals surface area contributed by atoms with Gasteiger partial charge in [0.15, 0.2) is 5.78 Å². The Morgan fingerprint density at radius 1 is 1.10 bits per heavy atom. The third kappa shape index (κ3) is 4.91. The number of alkyl halides is 3. The summed E-state index contributed by atoms with van der Waals surface area (Å²) < 4.78 is 73.0. The molecule has 12 heteroatoms. The minimum Gasteiger partial charge on any atom is -0.497 e. The quantitative estimate of drug-likeness (QED) is 0.504. The molecule has 0 spiro atoms. The van der Waals surface area contributed by atoms with E-state index in [0.29, 0.717) is 5.75 Å². The van der Waals surface area contributed by atoms with Crippen molar-refractivity contribution in [3.05, 3.63) is 60.0 Å². The summed E-state index contributed by atoms with van der Waals surface area (Å²) in [5, 5.41) is 3.27. The van der Waals surface area contributed by atoms with Gasteiger partial charge in [0.25, 0.3) is 0 Å². The zero-order valence-corrected chi connectivity index (χ0v) is 17.1. The monoisotopic (exact) mass is 455 g/mol. The molecule has 0 fully saturated rings. The van der Waals surface area contributed by atoms with Crippen molar-refractivity contribution in [3.8, 4) is 17.1 Å². The molecule has 0 amide bonds. The summed E-state index contributed by atoms with van der Waals surface area (Å²) in [5.41, 5.74) is 0.370. The van der Waals surface area contributed by atoms with Crippen molar-refractivity contribution in [3.63, 3.8) is 0 Å². The third-order valence-corrected chi connectivity index (χ3v) is 6.09. The average molecular weight is 455 g/mol. The van der Waals surface area contributed by atoms with E-state index in [2.05, 4.69) is 14.7 Å². The minimum atomic E-state index is -4.76. The largest absolute Gasteiger partial charge is 0.497 e. The number of ketones is 1. The highest BCUT2D eigenvalue weighted by Gasteiger charge is 2.38. The number of sulfonamides is 1. The summed E-state index contributed by atoms with van der Waals surface area (Å²) in [6.07, 6.45) is -4.76. The van der Waals surface area contributed by atoms with E-state index in [0.717, 1.165) is 4.31 Å². The zero-order chi connectivity index (χ0) is 22.8. The standard InChI is InChI=1S/C19H16F3N3O5S/c1-25(31(27,28)15-9-7-14(29-2)8-10-15)11-16(26)12-3-5-13(6-4-12)17-23-18(30-24-17)19(20,21)22/h3-10H,11H2,1-2H3. The molecular formula is C19H16F3N3O5S. The number of carbonyl (C=O) groups is 1. The number of methoxy groups -OCH3 is 1. The van der Waals surface area contributed by atoms with E-state index in [-0.39, 0.29) is 21.8 Å². The van der Waals surface area contributed by atoms with Gasteiger partial charge in [-0.1, -0.05) is 29.4 Å². The Kier molecular flexibility index (Phi) is 6.13. The first kappa shape index (κ1) is 22.4. The first-order chi connectivity index (χ1) is 14.5. The molecule has 0 aliphatic heterocycles. The van der Waals surface area contributed by atoms with Crippen LogP contribution in [0, 0.1) is 0 Å². The Morgan fingerprint density at radius 3 is 2.23 bits per heavy atom. The molecule has 0 atom stereocenters. The molecule has 1 heterocycles. The smallest absolute Gasteiger partial charge is 0.471 e. The van der Waals surface area contributed by atoms with Crippen molar-refractivity contribution in [2.45, 2.75) is 11.1 Å². The average Bonchev–Trinajstić information content (AvgIpc) is 3.24. The maximum atomic E-state index is 12.6. The third-order valence-electron chi connectivity index (χ3n) is 4.27. The zero-order valence-electron chi connectivity index (χ0n) is 16.3. The molecule has 3 aromatic rings. The molecule has 2 aromatic carbocycles. The lowest BCUT2D eigenvalue weighted by Gasteiger charge is -2.16. The topological polar surface area (TPSA) is 103 Å². The highest BCUT2D eigenvalue weighted by atomic mass is 32.2. The number of carbonyl (C=O) groups excluding carboxylic acids is 1. The van der Waals surface area contributed by atoms with Crippen LogP contribution in [-0.4, -0.2) is 49.3 Å². The summed E-state index contributed by atoms with van der Waals surface area (Å²) in [6, 6.07) is 11.1. The van der Waals surface area contributed by atoms with Gasteiger partial charge in [-0.05, 0) is 24.3 Å². The predicted molar refractivity (Wildman–Crippen MR) is 102 cm³/mol. The van der Waals surface area contributed by atoms with E-state index in [9.17, 15) is 26.4 Å². The second kappa shape index (κ2) is 8.47. The lowest BCUT2D eigenvalue weighted by atomic mass is 10.1. The number of benzene rings is 2. The maximum absolute atomic E-state index is 12.6. The molecule has 0 saturated carbocycles. The van der Waals surface area contributed by atoms with Crippen molar-refractivity contribution < 1.29 is 35.6 Å². The molecule has 8 nitrogen and oxygen atoms in total. The number of ether oxygens (including phenoxy) is 1. The number of hydrogen-bond donors (Lipinski definition) is 0. The SMILES string of the molecule is COc1ccc(S(=O)(=O)N(C)CC(=O)c2ccc(-c3noc(C(F)(F)F)n3)cc2)cc1. The number of likely N-dealkylation sites (N-methyl/N-ethyl adjacent to an activating group) is 1. The maximum Gasteiger partial charge on any atom is 0.471 e. The second-order valence-electron chi connectivity index (χ2n) is 6.36. The summed E-state index contributed by atoms with van der Waals surface area (Å²) in [7, 11) is -1.19. The Morgan fingerprint density at radius 2 is 1.71 bits per heavy atom. The van der Waals surface area contributed by atoms with Crippen LogP contribution in [0.15, 0.2) is 57.9 Å². The van der Waals surface area contributed by atoms with Gasteiger partial charge in [0, 0.05) is 18.2 Å². The summed E-state index contributed by atoms with van der Waals surface area (Å²) in [5.74, 6) is -1.78. The van der Waals surface area contributed by atoms with Crippen LogP contribution in [0.25, 0.3) is 11.4 Å². The molecule has 0 aliphatic carbocycles. The molecule has 0 radical (unpaired) electrons. The van der Waals surface area contributed by atoms with E-state index in [1.54, 1.807) is 0 Å². The van der Waals surface area contributed by atoms with Crippen LogP contribution in [-0.2, 0) is 16.2 Å². The molecule has 164 valence electrons. The Balaban J connectivity index is 1.72. The molecule has 0 N–H and O–H groups in total. The number of rotatable bonds is 7. The lowest BCUT2D eigenvalue weighted by Crippen LogP contribution is -2.32. The molecule has 0 bridgehead atoms.